The van der Waals surface area contributed by atoms with E-state index in [0.717, 1.165) is 11.5 Å². The van der Waals surface area contributed by atoms with Crippen LogP contribution in [-0.2, 0) is 7.05 Å². The number of aromatic nitrogens is 2. The van der Waals surface area contributed by atoms with Crippen molar-refractivity contribution in [2.75, 3.05) is 5.32 Å². The SMILES string of the molecule is Cc1sc2ccccc2c1-c1cn(C)c(C(Nc2c(C(C)C)cccc2C(C)C)c2c(C(C)C)cc(C(C)C)cc2C(C)C)n1. The normalized spacial score (nSPS) is 12.9. The average molecular weight is 620 g/mol. The van der Waals surface area contributed by atoms with E-state index in [4.69, 9.17) is 4.98 Å². The first-order valence-corrected chi connectivity index (χ1v) is 17.7. The lowest BCUT2D eigenvalue weighted by molar-refractivity contribution is 0.700. The zero-order valence-corrected chi connectivity index (χ0v) is 30.4. The molecular formula is C41H53N3S. The van der Waals surface area contributed by atoms with Crippen molar-refractivity contribution in [1.29, 1.82) is 0 Å². The molecule has 5 aromatic rings. The number of anilines is 1. The number of hydrogen-bond donors (Lipinski definition) is 1. The first-order chi connectivity index (χ1) is 21.3. The van der Waals surface area contributed by atoms with Crippen molar-refractivity contribution in [2.45, 2.75) is 112 Å². The number of rotatable bonds is 10. The Morgan fingerprint density at radius 3 is 1.78 bits per heavy atom. The molecule has 3 aromatic carbocycles. The molecule has 5 rings (SSSR count). The minimum Gasteiger partial charge on any atom is -0.371 e. The topological polar surface area (TPSA) is 29.9 Å². The third-order valence-electron chi connectivity index (χ3n) is 9.33. The standard InChI is InChI=1S/C41H53N3S/c1-23(2)29-20-33(26(7)8)38(34(21-29)27(9)10)40(43-39-30(24(3)4)17-15-18-31(39)25(5)6)41-42-35(22-44(41)12)37-28(11)45-36-19-14-13-16-32(36)37/h13-27,40,43H,1-12H3. The van der Waals surface area contributed by atoms with Crippen LogP contribution < -0.4 is 5.32 Å². The van der Waals surface area contributed by atoms with E-state index in [1.807, 2.05) is 11.3 Å². The molecular weight excluding hydrogens is 567 g/mol. The number of thiophene rings is 1. The van der Waals surface area contributed by atoms with E-state index in [1.54, 1.807) is 0 Å². The van der Waals surface area contributed by atoms with E-state index in [9.17, 15) is 0 Å². The van der Waals surface area contributed by atoms with E-state index in [2.05, 4.69) is 154 Å². The van der Waals surface area contributed by atoms with Gasteiger partial charge in [-0.3, -0.25) is 0 Å². The minimum absolute atomic E-state index is 0.123. The number of aryl methyl sites for hydroxylation is 2. The van der Waals surface area contributed by atoms with Gasteiger partial charge in [0.15, 0.2) is 0 Å². The Kier molecular flexibility index (Phi) is 9.65. The molecule has 45 heavy (non-hydrogen) atoms. The van der Waals surface area contributed by atoms with Gasteiger partial charge < -0.3 is 9.88 Å². The highest BCUT2D eigenvalue weighted by Gasteiger charge is 2.30. The van der Waals surface area contributed by atoms with Crippen molar-refractivity contribution in [1.82, 2.24) is 9.55 Å². The summed E-state index contributed by atoms with van der Waals surface area (Å²) in [6.07, 6.45) is 2.25. The number of imidazole rings is 1. The molecule has 3 nitrogen and oxygen atoms in total. The highest BCUT2D eigenvalue weighted by atomic mass is 32.1. The van der Waals surface area contributed by atoms with Gasteiger partial charge in [0.2, 0.25) is 0 Å². The van der Waals surface area contributed by atoms with Gasteiger partial charge in [0.25, 0.3) is 0 Å². The fraction of sp³-hybridized carbons (Fsp3) is 0.439. The van der Waals surface area contributed by atoms with Gasteiger partial charge in [-0.1, -0.05) is 118 Å². The number of fused-ring (bicyclic) bond motifs is 1. The van der Waals surface area contributed by atoms with Crippen molar-refractivity contribution in [2.24, 2.45) is 7.05 Å². The van der Waals surface area contributed by atoms with Gasteiger partial charge in [0.05, 0.1) is 5.69 Å². The van der Waals surface area contributed by atoms with Gasteiger partial charge in [0, 0.05) is 39.5 Å². The molecule has 0 spiro atoms. The molecule has 238 valence electrons. The van der Waals surface area contributed by atoms with Gasteiger partial charge in [-0.25, -0.2) is 4.98 Å². The lowest BCUT2D eigenvalue weighted by atomic mass is 9.81. The molecule has 0 aliphatic rings. The quantitative estimate of drug-likeness (QED) is 0.168. The van der Waals surface area contributed by atoms with Crippen LogP contribution >= 0.6 is 11.3 Å². The van der Waals surface area contributed by atoms with Crippen LogP contribution in [0.2, 0.25) is 0 Å². The predicted octanol–water partition coefficient (Wildman–Crippen LogP) is 12.4. The maximum absolute atomic E-state index is 5.55. The maximum atomic E-state index is 5.55. The summed E-state index contributed by atoms with van der Waals surface area (Å²) in [6, 6.07) is 20.4. The largest absolute Gasteiger partial charge is 0.371 e. The fourth-order valence-electron chi connectivity index (χ4n) is 6.83. The Hall–Kier alpha value is -3.37. The lowest BCUT2D eigenvalue weighted by Gasteiger charge is -2.32. The van der Waals surface area contributed by atoms with Crippen LogP contribution in [0, 0.1) is 6.92 Å². The van der Waals surface area contributed by atoms with Crippen LogP contribution in [-0.4, -0.2) is 9.55 Å². The van der Waals surface area contributed by atoms with Gasteiger partial charge in [0.1, 0.15) is 11.9 Å². The van der Waals surface area contributed by atoms with E-state index >= 15 is 0 Å². The third-order valence-corrected chi connectivity index (χ3v) is 10.4. The van der Waals surface area contributed by atoms with Crippen LogP contribution in [0.15, 0.2) is 60.8 Å². The third kappa shape index (κ3) is 6.36. The van der Waals surface area contributed by atoms with Crippen molar-refractivity contribution < 1.29 is 0 Å². The maximum Gasteiger partial charge on any atom is 0.136 e. The van der Waals surface area contributed by atoms with Gasteiger partial charge in [-0.15, -0.1) is 11.3 Å². The number of benzene rings is 3. The van der Waals surface area contributed by atoms with Crippen molar-refractivity contribution in [3.8, 4) is 11.3 Å². The van der Waals surface area contributed by atoms with Crippen LogP contribution in [0.4, 0.5) is 5.69 Å². The van der Waals surface area contributed by atoms with E-state index in [-0.39, 0.29) is 6.04 Å². The summed E-state index contributed by atoms with van der Waals surface area (Å²) >= 11 is 1.86. The zero-order chi connectivity index (χ0) is 32.7. The lowest BCUT2D eigenvalue weighted by Crippen LogP contribution is -2.23. The summed E-state index contributed by atoms with van der Waals surface area (Å²) in [4.78, 5) is 6.86. The zero-order valence-electron chi connectivity index (χ0n) is 29.5. The Bertz CT molecular complexity index is 1740. The monoisotopic (exact) mass is 619 g/mol. The van der Waals surface area contributed by atoms with Gasteiger partial charge >= 0.3 is 0 Å². The Morgan fingerprint density at radius 2 is 1.24 bits per heavy atom. The van der Waals surface area contributed by atoms with Crippen LogP contribution in [0.3, 0.4) is 0 Å². The molecule has 0 fully saturated rings. The summed E-state index contributed by atoms with van der Waals surface area (Å²) in [6.45, 7) is 25.4. The molecule has 2 heterocycles. The van der Waals surface area contributed by atoms with Crippen LogP contribution in [0.1, 0.15) is 149 Å². The number of nitrogens with zero attached hydrogens (tertiary/aromatic N) is 2. The molecule has 0 aliphatic heterocycles. The Balaban J connectivity index is 1.83. The van der Waals surface area contributed by atoms with Crippen molar-refractivity contribution in [3.63, 3.8) is 0 Å². The smallest absolute Gasteiger partial charge is 0.136 e. The minimum atomic E-state index is -0.123. The molecule has 4 heteroatoms. The molecule has 1 unspecified atom stereocenters. The molecule has 0 saturated heterocycles. The first kappa shape index (κ1) is 33.0. The summed E-state index contributed by atoms with van der Waals surface area (Å²) < 4.78 is 3.59. The fourth-order valence-corrected chi connectivity index (χ4v) is 7.90. The second kappa shape index (κ2) is 13.2. The average Bonchev–Trinajstić information content (AvgIpc) is 3.52. The molecule has 0 aliphatic carbocycles. The van der Waals surface area contributed by atoms with E-state index in [0.29, 0.717) is 29.6 Å². The molecule has 2 aromatic heterocycles. The number of nitrogens with one attached hydrogen (secondary N) is 1. The molecule has 0 amide bonds. The number of hydrogen-bond acceptors (Lipinski definition) is 3. The second-order valence-electron chi connectivity index (χ2n) is 14.4. The van der Waals surface area contributed by atoms with Gasteiger partial charge in [-0.05, 0) is 76.0 Å². The summed E-state index contributed by atoms with van der Waals surface area (Å²) in [7, 11) is 2.18. The van der Waals surface area contributed by atoms with Gasteiger partial charge in [-0.2, -0.15) is 0 Å². The number of para-hydroxylation sites is 1. The highest BCUT2D eigenvalue weighted by Crippen LogP contribution is 2.44. The highest BCUT2D eigenvalue weighted by molar-refractivity contribution is 7.19. The van der Waals surface area contributed by atoms with Crippen LogP contribution in [0.25, 0.3) is 21.3 Å². The summed E-state index contributed by atoms with van der Waals surface area (Å²) in [5.41, 5.74) is 11.9. The molecule has 1 N–H and O–H groups in total. The Labute approximate surface area is 276 Å². The second-order valence-corrected chi connectivity index (χ2v) is 15.7. The predicted molar refractivity (Wildman–Crippen MR) is 198 cm³/mol. The molecule has 0 saturated carbocycles. The Morgan fingerprint density at radius 1 is 0.689 bits per heavy atom. The van der Waals surface area contributed by atoms with Crippen molar-refractivity contribution in [3.05, 3.63) is 105 Å². The summed E-state index contributed by atoms with van der Waals surface area (Å²) in [5.74, 6) is 3.03. The molecule has 0 radical (unpaired) electrons. The summed E-state index contributed by atoms with van der Waals surface area (Å²) in [5, 5.41) is 5.51. The van der Waals surface area contributed by atoms with E-state index in [1.165, 1.54) is 59.6 Å². The molecule has 0 bridgehead atoms. The van der Waals surface area contributed by atoms with E-state index < -0.39 is 0 Å². The van der Waals surface area contributed by atoms with Crippen molar-refractivity contribution >= 4 is 27.1 Å². The van der Waals surface area contributed by atoms with Crippen LogP contribution in [0.5, 0.6) is 0 Å². The molecule has 1 atom stereocenters. The first-order valence-electron chi connectivity index (χ1n) is 16.9.